The molecule has 5 rings (SSSR count). The minimum absolute atomic E-state index is 0.0677. The lowest BCUT2D eigenvalue weighted by Gasteiger charge is -2.58. The molecule has 0 spiro atoms. The Morgan fingerprint density at radius 1 is 0.726 bits per heavy atom. The molecule has 1 aliphatic heterocycles. The summed E-state index contributed by atoms with van der Waals surface area (Å²) in [5, 5.41) is 0. The molecule has 62 heavy (non-hydrogen) atoms. The van der Waals surface area contributed by atoms with Crippen LogP contribution < -0.4 is 0 Å². The Hall–Kier alpha value is -0.760. The van der Waals surface area contributed by atoms with Crippen LogP contribution in [0.25, 0.3) is 0 Å². The van der Waals surface area contributed by atoms with Gasteiger partial charge in [0.25, 0.3) is 0 Å². The Labute approximate surface area is 384 Å². The van der Waals surface area contributed by atoms with Crippen molar-refractivity contribution in [2.24, 2.45) is 46.3 Å². The van der Waals surface area contributed by atoms with E-state index in [4.69, 9.17) is 23.7 Å². The molecule has 0 aromatic heterocycles. The first-order chi connectivity index (χ1) is 30.2. The van der Waals surface area contributed by atoms with Crippen LogP contribution in [0.1, 0.15) is 202 Å². The van der Waals surface area contributed by atoms with Crippen LogP contribution in [0.5, 0.6) is 0 Å². The molecule has 1 saturated heterocycles. The molecular formula is C56H101NO5. The van der Waals surface area contributed by atoms with Gasteiger partial charge in [-0.05, 0) is 130 Å². The molecule has 360 valence electrons. The summed E-state index contributed by atoms with van der Waals surface area (Å²) in [5.74, 6) is 5.35. The van der Waals surface area contributed by atoms with Gasteiger partial charge in [0.05, 0.1) is 58.5 Å². The SMILES string of the molecule is CCCCCCCC/C=C\CCCCCCCCOCC(CN1CCOCC1)OCCOCCO[C@H]1CC[C@@]2(C)C(=CC[C@H]3[C@@H]4CC[C@H]([C@H](C)CCCC(C)C)[C@@]4(C)CC[C@@H]32)C1. The Kier molecular flexibility index (Phi) is 24.5. The van der Waals surface area contributed by atoms with E-state index in [1.165, 1.54) is 148 Å². The van der Waals surface area contributed by atoms with Crippen molar-refractivity contribution < 1.29 is 23.7 Å². The highest BCUT2D eigenvalue weighted by Crippen LogP contribution is 2.67. The second-order valence-electron chi connectivity index (χ2n) is 22.1. The summed E-state index contributed by atoms with van der Waals surface area (Å²) in [7, 11) is 0. The van der Waals surface area contributed by atoms with Crippen LogP contribution >= 0.6 is 0 Å². The monoisotopic (exact) mass is 868 g/mol. The van der Waals surface area contributed by atoms with Gasteiger partial charge in [0.2, 0.25) is 0 Å². The first-order valence-electron chi connectivity index (χ1n) is 27.3. The smallest absolute Gasteiger partial charge is 0.0936 e. The molecule has 9 atom stereocenters. The number of rotatable bonds is 33. The zero-order chi connectivity index (χ0) is 43.9. The first kappa shape index (κ1) is 52.2. The molecule has 0 aromatic rings. The van der Waals surface area contributed by atoms with E-state index in [9.17, 15) is 0 Å². The lowest BCUT2D eigenvalue weighted by Crippen LogP contribution is -2.51. The number of fused-ring (bicyclic) bond motifs is 5. The molecule has 1 unspecified atom stereocenters. The normalized spacial score (nSPS) is 30.0. The predicted molar refractivity (Wildman–Crippen MR) is 261 cm³/mol. The minimum Gasteiger partial charge on any atom is -0.379 e. The zero-order valence-corrected chi connectivity index (χ0v) is 41.8. The molecule has 0 amide bonds. The van der Waals surface area contributed by atoms with E-state index in [1.807, 2.05) is 0 Å². The number of nitrogens with zero attached hydrogens (tertiary/aromatic N) is 1. The molecule has 0 bridgehead atoms. The fraction of sp³-hybridized carbons (Fsp3) is 0.929. The first-order valence-corrected chi connectivity index (χ1v) is 27.3. The van der Waals surface area contributed by atoms with Crippen LogP contribution in [0.4, 0.5) is 0 Å². The lowest BCUT2D eigenvalue weighted by molar-refractivity contribution is -0.0761. The highest BCUT2D eigenvalue weighted by atomic mass is 16.6. The van der Waals surface area contributed by atoms with Crippen LogP contribution in [-0.2, 0) is 23.7 Å². The number of allylic oxidation sites excluding steroid dienone is 3. The van der Waals surface area contributed by atoms with Gasteiger partial charge in [-0.3, -0.25) is 4.90 Å². The van der Waals surface area contributed by atoms with Crippen molar-refractivity contribution in [1.82, 2.24) is 4.90 Å². The Bertz CT molecular complexity index is 1230. The van der Waals surface area contributed by atoms with E-state index in [2.05, 4.69) is 64.7 Å². The number of ether oxygens (including phenoxy) is 5. The Morgan fingerprint density at radius 2 is 1.44 bits per heavy atom. The van der Waals surface area contributed by atoms with Crippen molar-refractivity contribution >= 4 is 0 Å². The lowest BCUT2D eigenvalue weighted by atomic mass is 9.47. The van der Waals surface area contributed by atoms with Gasteiger partial charge in [-0.25, -0.2) is 0 Å². The van der Waals surface area contributed by atoms with Gasteiger partial charge < -0.3 is 23.7 Å². The summed E-state index contributed by atoms with van der Waals surface area (Å²) in [6.07, 6.45) is 41.6. The molecule has 0 N–H and O–H groups in total. The standard InChI is InChI=1S/C56H101NO5/c1-7-8-9-10-11-12-13-14-15-16-17-18-19-20-21-22-36-60-45-50(44-57-34-37-58-38-35-57)62-42-40-59-39-41-61-49-30-32-55(5)48(43-49)26-27-51-53-29-28-52(47(4)25-23-24-46(2)3)56(53,6)33-31-54(51)55/h14-15,26,46-47,49-54H,7-13,16-25,27-45H2,1-6H3/b15-14-/t47-,49+,50?,51+,52-,53+,54+,55+,56-/m1/s1. The molecule has 6 nitrogen and oxygen atoms in total. The summed E-state index contributed by atoms with van der Waals surface area (Å²) in [6.45, 7) is 23.5. The fourth-order valence-electron chi connectivity index (χ4n) is 13.3. The van der Waals surface area contributed by atoms with Crippen molar-refractivity contribution in [3.8, 4) is 0 Å². The maximum atomic E-state index is 6.51. The maximum Gasteiger partial charge on any atom is 0.0936 e. The van der Waals surface area contributed by atoms with E-state index in [1.54, 1.807) is 5.57 Å². The minimum atomic E-state index is 0.0677. The highest BCUT2D eigenvalue weighted by Gasteiger charge is 2.59. The van der Waals surface area contributed by atoms with Gasteiger partial charge in [0.1, 0.15) is 0 Å². The predicted octanol–water partition coefficient (Wildman–Crippen LogP) is 14.2. The third-order valence-electron chi connectivity index (χ3n) is 17.1. The van der Waals surface area contributed by atoms with E-state index in [0.717, 1.165) is 87.8 Å². The van der Waals surface area contributed by atoms with E-state index in [0.29, 0.717) is 50.0 Å². The quantitative estimate of drug-likeness (QED) is 0.0484. The van der Waals surface area contributed by atoms with E-state index < -0.39 is 0 Å². The topological polar surface area (TPSA) is 49.4 Å². The van der Waals surface area contributed by atoms with Crippen molar-refractivity contribution in [3.63, 3.8) is 0 Å². The molecule has 0 aromatic carbocycles. The van der Waals surface area contributed by atoms with Gasteiger partial charge in [0, 0.05) is 26.2 Å². The summed E-state index contributed by atoms with van der Waals surface area (Å²) in [5.41, 5.74) is 2.67. The zero-order valence-electron chi connectivity index (χ0n) is 41.8. The fourth-order valence-corrected chi connectivity index (χ4v) is 13.3. The third-order valence-corrected chi connectivity index (χ3v) is 17.1. The maximum absolute atomic E-state index is 6.51. The van der Waals surface area contributed by atoms with Crippen LogP contribution in [0.2, 0.25) is 0 Å². The molecule has 1 heterocycles. The molecule has 3 saturated carbocycles. The van der Waals surface area contributed by atoms with Crippen LogP contribution in [0, 0.1) is 46.3 Å². The second kappa shape index (κ2) is 29.1. The average molecular weight is 868 g/mol. The van der Waals surface area contributed by atoms with E-state index in [-0.39, 0.29) is 6.10 Å². The number of unbranched alkanes of at least 4 members (excludes halogenated alkanes) is 12. The van der Waals surface area contributed by atoms with Crippen LogP contribution in [0.15, 0.2) is 23.8 Å². The van der Waals surface area contributed by atoms with Crippen LogP contribution in [0.3, 0.4) is 0 Å². The summed E-state index contributed by atoms with van der Waals surface area (Å²) < 4.78 is 30.7. The number of morpholine rings is 1. The largest absolute Gasteiger partial charge is 0.379 e. The molecule has 6 heteroatoms. The molecule has 4 fully saturated rings. The van der Waals surface area contributed by atoms with Crippen LogP contribution in [-0.4, -0.2) is 89.6 Å². The summed E-state index contributed by atoms with van der Waals surface area (Å²) >= 11 is 0. The Morgan fingerprint density at radius 3 is 2.18 bits per heavy atom. The Balaban J connectivity index is 0.907. The highest BCUT2D eigenvalue weighted by molar-refractivity contribution is 5.25. The van der Waals surface area contributed by atoms with E-state index >= 15 is 0 Å². The van der Waals surface area contributed by atoms with Crippen molar-refractivity contribution in [2.45, 2.75) is 214 Å². The van der Waals surface area contributed by atoms with Crippen molar-refractivity contribution in [2.75, 3.05) is 72.5 Å². The van der Waals surface area contributed by atoms with Gasteiger partial charge in [-0.1, -0.05) is 142 Å². The molecule has 5 aliphatic rings. The van der Waals surface area contributed by atoms with Gasteiger partial charge >= 0.3 is 0 Å². The van der Waals surface area contributed by atoms with Gasteiger partial charge in [-0.2, -0.15) is 0 Å². The molecule has 0 radical (unpaired) electrons. The third kappa shape index (κ3) is 16.8. The van der Waals surface area contributed by atoms with Gasteiger partial charge in [-0.15, -0.1) is 0 Å². The average Bonchev–Trinajstić information content (AvgIpc) is 3.63. The van der Waals surface area contributed by atoms with Crippen molar-refractivity contribution in [1.29, 1.82) is 0 Å². The molecular weight excluding hydrogens is 767 g/mol. The number of hydrogen-bond acceptors (Lipinski definition) is 6. The van der Waals surface area contributed by atoms with Crippen molar-refractivity contribution in [3.05, 3.63) is 23.8 Å². The molecule has 4 aliphatic carbocycles. The number of hydrogen-bond donors (Lipinski definition) is 0. The summed E-state index contributed by atoms with van der Waals surface area (Å²) in [4.78, 5) is 2.46. The summed E-state index contributed by atoms with van der Waals surface area (Å²) in [6, 6.07) is 0. The van der Waals surface area contributed by atoms with Gasteiger partial charge in [0.15, 0.2) is 0 Å². The second-order valence-corrected chi connectivity index (χ2v) is 22.1.